The Kier molecular flexibility index (Phi) is 7.45. The van der Waals surface area contributed by atoms with E-state index in [9.17, 15) is 9.67 Å². The molecule has 2 aromatic carbocycles. The second kappa shape index (κ2) is 9.86. The molecule has 3 rings (SSSR count). The second-order valence-electron chi connectivity index (χ2n) is 7.85. The topological polar surface area (TPSA) is 68.2 Å². The highest BCUT2D eigenvalue weighted by atomic mass is 31.2. The van der Waals surface area contributed by atoms with Crippen molar-refractivity contribution < 1.29 is 23.7 Å². The van der Waals surface area contributed by atoms with Crippen molar-refractivity contribution in [3.05, 3.63) is 48.0 Å². The molecular formula is C23H32NO5P. The molecule has 7 heteroatoms. The highest BCUT2D eigenvalue weighted by Crippen LogP contribution is 2.60. The lowest BCUT2D eigenvalue weighted by atomic mass is 9.98. The first-order valence-electron chi connectivity index (χ1n) is 10.3. The van der Waals surface area contributed by atoms with Crippen molar-refractivity contribution in [1.29, 1.82) is 0 Å². The molecule has 164 valence electrons. The summed E-state index contributed by atoms with van der Waals surface area (Å²) in [4.78, 5) is 1.97. The number of rotatable bonds is 8. The number of benzene rings is 2. The van der Waals surface area contributed by atoms with E-state index in [2.05, 4.69) is 0 Å². The van der Waals surface area contributed by atoms with E-state index in [-0.39, 0.29) is 6.10 Å². The van der Waals surface area contributed by atoms with Crippen LogP contribution in [0.3, 0.4) is 0 Å². The van der Waals surface area contributed by atoms with E-state index in [4.69, 9.17) is 14.0 Å². The number of aliphatic hydroxyl groups is 1. The van der Waals surface area contributed by atoms with Gasteiger partial charge in [0.05, 0.1) is 20.3 Å². The normalized spacial score (nSPS) is 17.8. The molecule has 6 nitrogen and oxygen atoms in total. The van der Waals surface area contributed by atoms with Crippen LogP contribution in [0.5, 0.6) is 11.5 Å². The lowest BCUT2D eigenvalue weighted by Gasteiger charge is -2.31. The molecular weight excluding hydrogens is 401 g/mol. The van der Waals surface area contributed by atoms with E-state index in [1.165, 1.54) is 7.11 Å². The van der Waals surface area contributed by atoms with Gasteiger partial charge in [0, 0.05) is 36.7 Å². The van der Waals surface area contributed by atoms with Gasteiger partial charge in [-0.2, -0.15) is 0 Å². The van der Waals surface area contributed by atoms with Crippen LogP contribution in [-0.4, -0.2) is 39.5 Å². The van der Waals surface area contributed by atoms with Crippen LogP contribution in [0.25, 0.3) is 0 Å². The fourth-order valence-corrected chi connectivity index (χ4v) is 6.14. The SMILES string of the molecule is COc1ccc([C@@H](O)[P@@](=O)(OC2CCCCC2)c2ccc(N(C)C)cc2)c(OC)c1. The summed E-state index contributed by atoms with van der Waals surface area (Å²) in [6.45, 7) is 0. The predicted molar refractivity (Wildman–Crippen MR) is 120 cm³/mol. The zero-order chi connectivity index (χ0) is 21.7. The second-order valence-corrected chi connectivity index (χ2v) is 10.3. The molecule has 0 aromatic heterocycles. The van der Waals surface area contributed by atoms with E-state index in [1.54, 1.807) is 37.4 Å². The van der Waals surface area contributed by atoms with E-state index in [0.717, 1.165) is 37.8 Å². The molecule has 1 N–H and O–H groups in total. The third-order valence-corrected chi connectivity index (χ3v) is 8.18. The Hall–Kier alpha value is -2.01. The molecule has 0 unspecified atom stereocenters. The minimum absolute atomic E-state index is 0.128. The van der Waals surface area contributed by atoms with Gasteiger partial charge in [-0.3, -0.25) is 4.57 Å². The largest absolute Gasteiger partial charge is 0.497 e. The summed E-state index contributed by atoms with van der Waals surface area (Å²) >= 11 is 0. The number of hydrogen-bond donors (Lipinski definition) is 1. The molecule has 1 fully saturated rings. The van der Waals surface area contributed by atoms with Crippen molar-refractivity contribution in [3.63, 3.8) is 0 Å². The molecule has 0 radical (unpaired) electrons. The summed E-state index contributed by atoms with van der Waals surface area (Å²) in [5, 5.41) is 11.9. The van der Waals surface area contributed by atoms with Crippen LogP contribution in [0.4, 0.5) is 5.69 Å². The molecule has 0 heterocycles. The highest BCUT2D eigenvalue weighted by molar-refractivity contribution is 7.67. The third kappa shape index (κ3) is 4.83. The molecule has 1 saturated carbocycles. The zero-order valence-electron chi connectivity index (χ0n) is 18.2. The standard InChI is InChI=1S/C23H32NO5P/c1-24(2)17-10-13-20(14-11-17)30(26,29-18-8-6-5-7-9-18)23(25)21-15-12-19(27-3)16-22(21)28-4/h10-16,18,23,25H,5-9H2,1-4H3/t23-,30-/m0/s1. The van der Waals surface area contributed by atoms with Gasteiger partial charge in [-0.05, 0) is 49.2 Å². The van der Waals surface area contributed by atoms with Gasteiger partial charge >= 0.3 is 0 Å². The number of methoxy groups -OCH3 is 2. The van der Waals surface area contributed by atoms with Crippen molar-refractivity contribution in [2.45, 2.75) is 44.1 Å². The Morgan fingerprint density at radius 3 is 2.23 bits per heavy atom. The highest BCUT2D eigenvalue weighted by Gasteiger charge is 2.40. The zero-order valence-corrected chi connectivity index (χ0v) is 19.1. The molecule has 0 amide bonds. The number of aliphatic hydroxyl groups excluding tert-OH is 1. The van der Waals surface area contributed by atoms with E-state index >= 15 is 0 Å². The molecule has 1 aliphatic carbocycles. The Morgan fingerprint density at radius 2 is 1.67 bits per heavy atom. The van der Waals surface area contributed by atoms with Crippen LogP contribution < -0.4 is 19.7 Å². The first-order valence-corrected chi connectivity index (χ1v) is 12.0. The summed E-state index contributed by atoms with van der Waals surface area (Å²) < 4.78 is 31.3. The minimum Gasteiger partial charge on any atom is -0.497 e. The van der Waals surface area contributed by atoms with Crippen LogP contribution in [-0.2, 0) is 9.09 Å². The first kappa shape index (κ1) is 22.7. The maximum absolute atomic E-state index is 14.3. The van der Waals surface area contributed by atoms with Crippen molar-refractivity contribution in [3.8, 4) is 11.5 Å². The van der Waals surface area contributed by atoms with Crippen LogP contribution in [0.1, 0.15) is 43.5 Å². The maximum Gasteiger partial charge on any atom is 0.264 e. The molecule has 2 aromatic rings. The van der Waals surface area contributed by atoms with Gasteiger partial charge in [0.15, 0.2) is 5.85 Å². The van der Waals surface area contributed by atoms with Gasteiger partial charge < -0.3 is 24.0 Å². The van der Waals surface area contributed by atoms with Crippen LogP contribution in [0.15, 0.2) is 42.5 Å². The fraction of sp³-hybridized carbons (Fsp3) is 0.478. The molecule has 30 heavy (non-hydrogen) atoms. The molecule has 1 aliphatic rings. The molecule has 0 spiro atoms. The van der Waals surface area contributed by atoms with Gasteiger partial charge in [0.25, 0.3) is 7.37 Å². The number of hydrogen-bond acceptors (Lipinski definition) is 6. The number of nitrogens with zero attached hydrogens (tertiary/aromatic N) is 1. The quantitative estimate of drug-likeness (QED) is 0.608. The van der Waals surface area contributed by atoms with E-state index < -0.39 is 13.2 Å². The number of anilines is 1. The summed E-state index contributed by atoms with van der Waals surface area (Å²) in [7, 11) is 3.33. The van der Waals surface area contributed by atoms with Gasteiger partial charge in [0.2, 0.25) is 0 Å². The van der Waals surface area contributed by atoms with Crippen molar-refractivity contribution >= 4 is 18.4 Å². The molecule has 0 aliphatic heterocycles. The Bertz CT molecular complexity index is 878. The van der Waals surface area contributed by atoms with Crippen LogP contribution in [0, 0.1) is 0 Å². The summed E-state index contributed by atoms with van der Waals surface area (Å²) in [5.41, 5.74) is 1.41. The third-order valence-electron chi connectivity index (χ3n) is 5.62. The van der Waals surface area contributed by atoms with E-state index in [0.29, 0.717) is 22.4 Å². The molecule has 0 bridgehead atoms. The van der Waals surface area contributed by atoms with Gasteiger partial charge in [0.1, 0.15) is 11.5 Å². The fourth-order valence-electron chi connectivity index (χ4n) is 3.83. The Labute approximate surface area is 179 Å². The Balaban J connectivity index is 2.03. The van der Waals surface area contributed by atoms with Gasteiger partial charge in [-0.15, -0.1) is 0 Å². The van der Waals surface area contributed by atoms with Gasteiger partial charge in [-0.1, -0.05) is 19.3 Å². The summed E-state index contributed by atoms with van der Waals surface area (Å²) in [6.07, 6.45) is 4.84. The minimum atomic E-state index is -3.65. The van der Waals surface area contributed by atoms with E-state index in [1.807, 2.05) is 31.1 Å². The van der Waals surface area contributed by atoms with Crippen LogP contribution in [0.2, 0.25) is 0 Å². The lowest BCUT2D eigenvalue weighted by Crippen LogP contribution is -2.22. The summed E-state index contributed by atoms with van der Waals surface area (Å²) in [6, 6.07) is 12.5. The van der Waals surface area contributed by atoms with Crippen molar-refractivity contribution in [1.82, 2.24) is 0 Å². The first-order chi connectivity index (χ1) is 14.4. The maximum atomic E-state index is 14.3. The summed E-state index contributed by atoms with van der Waals surface area (Å²) in [5.74, 6) is -0.328. The molecule has 2 atom stereocenters. The smallest absolute Gasteiger partial charge is 0.264 e. The lowest BCUT2D eigenvalue weighted by molar-refractivity contribution is 0.136. The Morgan fingerprint density at radius 1 is 1.00 bits per heavy atom. The average Bonchev–Trinajstić information content (AvgIpc) is 2.78. The monoisotopic (exact) mass is 433 g/mol. The van der Waals surface area contributed by atoms with Crippen molar-refractivity contribution in [2.75, 3.05) is 33.2 Å². The average molecular weight is 433 g/mol. The van der Waals surface area contributed by atoms with Crippen molar-refractivity contribution in [2.24, 2.45) is 0 Å². The van der Waals surface area contributed by atoms with Gasteiger partial charge in [-0.25, -0.2) is 0 Å². The molecule has 0 saturated heterocycles. The number of ether oxygens (including phenoxy) is 2. The van der Waals surface area contributed by atoms with Crippen LogP contribution >= 0.6 is 7.37 Å². The predicted octanol–water partition coefficient (Wildman–Crippen LogP) is 4.71.